The van der Waals surface area contributed by atoms with Gasteiger partial charge in [-0.1, -0.05) is 32.9 Å². The third-order valence-electron chi connectivity index (χ3n) is 3.19. The molecule has 1 N–H and O–H groups in total. The predicted octanol–water partition coefficient (Wildman–Crippen LogP) is 4.00. The van der Waals surface area contributed by atoms with Gasteiger partial charge in [0.2, 0.25) is 0 Å². The van der Waals surface area contributed by atoms with Crippen molar-refractivity contribution in [2.45, 2.75) is 39.7 Å². The van der Waals surface area contributed by atoms with E-state index in [1.165, 1.54) is 5.56 Å². The number of nitrogens with one attached hydrogen (secondary N) is 1. The van der Waals surface area contributed by atoms with Crippen LogP contribution < -0.4 is 10.1 Å². The standard InChI is InChI=1S/C17H23N3O/c1-4-9-18-17-11-19-15(10-20-17)12-21-16-7-5-14(6-8-16)13(2)3/h5-8,10-11,13H,4,9,12H2,1-3H3,(H,18,20). The SMILES string of the molecule is CCCNc1cnc(COc2ccc(C(C)C)cc2)cn1. The number of anilines is 1. The molecule has 2 rings (SSSR count). The first-order valence-corrected chi connectivity index (χ1v) is 7.46. The smallest absolute Gasteiger partial charge is 0.144 e. The average molecular weight is 285 g/mol. The maximum absolute atomic E-state index is 5.72. The third-order valence-corrected chi connectivity index (χ3v) is 3.19. The van der Waals surface area contributed by atoms with E-state index in [1.54, 1.807) is 12.4 Å². The number of aromatic nitrogens is 2. The van der Waals surface area contributed by atoms with E-state index in [9.17, 15) is 0 Å². The Labute approximate surface area is 126 Å². The summed E-state index contributed by atoms with van der Waals surface area (Å²) in [4.78, 5) is 8.65. The van der Waals surface area contributed by atoms with E-state index >= 15 is 0 Å². The molecule has 0 amide bonds. The Bertz CT molecular complexity index is 535. The third kappa shape index (κ3) is 4.74. The Morgan fingerprint density at radius 2 is 1.86 bits per heavy atom. The fourth-order valence-electron chi connectivity index (χ4n) is 1.88. The molecule has 2 aromatic rings. The van der Waals surface area contributed by atoms with Crippen molar-refractivity contribution >= 4 is 5.82 Å². The highest BCUT2D eigenvalue weighted by Gasteiger charge is 2.01. The number of benzene rings is 1. The highest BCUT2D eigenvalue weighted by Crippen LogP contribution is 2.19. The topological polar surface area (TPSA) is 47.0 Å². The molecule has 0 spiro atoms. The zero-order valence-corrected chi connectivity index (χ0v) is 13.0. The van der Waals surface area contributed by atoms with Crippen LogP contribution in [0.5, 0.6) is 5.75 Å². The van der Waals surface area contributed by atoms with E-state index in [0.29, 0.717) is 12.5 Å². The summed E-state index contributed by atoms with van der Waals surface area (Å²) in [5.41, 5.74) is 2.14. The molecule has 0 saturated carbocycles. The maximum Gasteiger partial charge on any atom is 0.144 e. The number of ether oxygens (including phenoxy) is 1. The molecular weight excluding hydrogens is 262 g/mol. The molecule has 0 saturated heterocycles. The Balaban J connectivity index is 1.87. The van der Waals surface area contributed by atoms with E-state index in [-0.39, 0.29) is 0 Å². The molecule has 0 unspecified atom stereocenters. The molecule has 4 heteroatoms. The summed E-state index contributed by atoms with van der Waals surface area (Å²) < 4.78 is 5.72. The molecule has 112 valence electrons. The molecule has 0 aliphatic heterocycles. The van der Waals surface area contributed by atoms with Crippen LogP contribution in [-0.4, -0.2) is 16.5 Å². The van der Waals surface area contributed by atoms with Crippen LogP contribution in [0.1, 0.15) is 44.4 Å². The van der Waals surface area contributed by atoms with Gasteiger partial charge < -0.3 is 10.1 Å². The number of rotatable bonds is 7. The number of hydrogen-bond acceptors (Lipinski definition) is 4. The van der Waals surface area contributed by atoms with Crippen LogP contribution in [-0.2, 0) is 6.61 Å². The molecule has 0 atom stereocenters. The zero-order valence-electron chi connectivity index (χ0n) is 13.0. The van der Waals surface area contributed by atoms with Crippen LogP contribution in [0.15, 0.2) is 36.7 Å². The van der Waals surface area contributed by atoms with Crippen LogP contribution in [0.3, 0.4) is 0 Å². The first-order chi connectivity index (χ1) is 10.2. The van der Waals surface area contributed by atoms with Gasteiger partial charge in [-0.05, 0) is 30.0 Å². The Hall–Kier alpha value is -2.10. The largest absolute Gasteiger partial charge is 0.487 e. The van der Waals surface area contributed by atoms with Crippen molar-refractivity contribution in [2.75, 3.05) is 11.9 Å². The summed E-state index contributed by atoms with van der Waals surface area (Å²) in [6.45, 7) is 7.82. The van der Waals surface area contributed by atoms with Crippen molar-refractivity contribution in [3.8, 4) is 5.75 Å². The van der Waals surface area contributed by atoms with Crippen LogP contribution in [0.2, 0.25) is 0 Å². The van der Waals surface area contributed by atoms with Crippen LogP contribution in [0.4, 0.5) is 5.82 Å². The summed E-state index contributed by atoms with van der Waals surface area (Å²) >= 11 is 0. The fourth-order valence-corrected chi connectivity index (χ4v) is 1.88. The molecular formula is C17H23N3O. The minimum Gasteiger partial charge on any atom is -0.487 e. The quantitative estimate of drug-likeness (QED) is 0.835. The summed E-state index contributed by atoms with van der Waals surface area (Å²) in [5.74, 6) is 2.20. The van der Waals surface area contributed by atoms with Crippen molar-refractivity contribution in [1.29, 1.82) is 0 Å². The van der Waals surface area contributed by atoms with E-state index in [2.05, 4.69) is 48.2 Å². The van der Waals surface area contributed by atoms with Gasteiger partial charge in [0, 0.05) is 6.54 Å². The van der Waals surface area contributed by atoms with Crippen molar-refractivity contribution < 1.29 is 4.74 Å². The van der Waals surface area contributed by atoms with Gasteiger partial charge in [0.1, 0.15) is 18.2 Å². The van der Waals surface area contributed by atoms with Crippen LogP contribution in [0, 0.1) is 0 Å². The molecule has 21 heavy (non-hydrogen) atoms. The fraction of sp³-hybridized carbons (Fsp3) is 0.412. The first-order valence-electron chi connectivity index (χ1n) is 7.46. The van der Waals surface area contributed by atoms with Gasteiger partial charge in [0.15, 0.2) is 0 Å². The van der Waals surface area contributed by atoms with Crippen molar-refractivity contribution in [2.24, 2.45) is 0 Å². The Morgan fingerprint density at radius 1 is 1.10 bits per heavy atom. The van der Waals surface area contributed by atoms with Gasteiger partial charge in [-0.15, -0.1) is 0 Å². The number of nitrogens with zero attached hydrogens (tertiary/aromatic N) is 2. The lowest BCUT2D eigenvalue weighted by Gasteiger charge is -2.09. The van der Waals surface area contributed by atoms with E-state index in [1.807, 2.05) is 12.1 Å². The second-order valence-corrected chi connectivity index (χ2v) is 5.33. The van der Waals surface area contributed by atoms with E-state index < -0.39 is 0 Å². The molecule has 1 heterocycles. The molecule has 0 radical (unpaired) electrons. The second kappa shape index (κ2) is 7.62. The van der Waals surface area contributed by atoms with Crippen molar-refractivity contribution in [3.05, 3.63) is 47.9 Å². The molecule has 1 aromatic heterocycles. The van der Waals surface area contributed by atoms with Crippen LogP contribution in [0.25, 0.3) is 0 Å². The molecule has 0 aliphatic rings. The lowest BCUT2D eigenvalue weighted by Crippen LogP contribution is -2.04. The summed E-state index contributed by atoms with van der Waals surface area (Å²) in [5, 5.41) is 3.20. The van der Waals surface area contributed by atoms with Crippen molar-refractivity contribution in [3.63, 3.8) is 0 Å². The van der Waals surface area contributed by atoms with Crippen LogP contribution >= 0.6 is 0 Å². The highest BCUT2D eigenvalue weighted by atomic mass is 16.5. The van der Waals surface area contributed by atoms with Gasteiger partial charge >= 0.3 is 0 Å². The second-order valence-electron chi connectivity index (χ2n) is 5.33. The zero-order chi connectivity index (χ0) is 15.1. The average Bonchev–Trinajstić information content (AvgIpc) is 2.52. The minimum absolute atomic E-state index is 0.433. The molecule has 0 fully saturated rings. The lowest BCUT2D eigenvalue weighted by molar-refractivity contribution is 0.300. The molecule has 0 bridgehead atoms. The minimum atomic E-state index is 0.433. The first kappa shape index (κ1) is 15.3. The van der Waals surface area contributed by atoms with Gasteiger partial charge in [-0.25, -0.2) is 4.98 Å². The van der Waals surface area contributed by atoms with E-state index in [4.69, 9.17) is 4.74 Å². The summed E-state index contributed by atoms with van der Waals surface area (Å²) in [6.07, 6.45) is 4.57. The molecule has 4 nitrogen and oxygen atoms in total. The van der Waals surface area contributed by atoms with Gasteiger partial charge in [-0.2, -0.15) is 0 Å². The Kier molecular flexibility index (Phi) is 5.55. The summed E-state index contributed by atoms with van der Waals surface area (Å²) in [7, 11) is 0. The van der Waals surface area contributed by atoms with E-state index in [0.717, 1.165) is 30.2 Å². The predicted molar refractivity (Wildman–Crippen MR) is 85.7 cm³/mol. The van der Waals surface area contributed by atoms with Gasteiger partial charge in [-0.3, -0.25) is 4.98 Å². The highest BCUT2D eigenvalue weighted by molar-refractivity contribution is 5.31. The lowest BCUT2D eigenvalue weighted by atomic mass is 10.0. The van der Waals surface area contributed by atoms with Crippen molar-refractivity contribution in [1.82, 2.24) is 9.97 Å². The molecule has 0 aliphatic carbocycles. The van der Waals surface area contributed by atoms with Gasteiger partial charge in [0.05, 0.1) is 18.1 Å². The molecule has 1 aromatic carbocycles. The van der Waals surface area contributed by atoms with Gasteiger partial charge in [0.25, 0.3) is 0 Å². The normalized spacial score (nSPS) is 10.7. The summed E-state index contributed by atoms with van der Waals surface area (Å²) in [6, 6.07) is 8.20. The Morgan fingerprint density at radius 3 is 2.43 bits per heavy atom. The monoisotopic (exact) mass is 285 g/mol. The number of hydrogen-bond donors (Lipinski definition) is 1. The maximum atomic E-state index is 5.72.